The molecule has 5 nitrogen and oxygen atoms in total. The molecule has 0 aliphatic carbocycles. The molecule has 2 aliphatic heterocycles. The Balaban J connectivity index is 2.07. The summed E-state index contributed by atoms with van der Waals surface area (Å²) in [6.07, 6.45) is 3.00. The Labute approximate surface area is 125 Å². The normalized spacial score (nSPS) is 19.0. The van der Waals surface area contributed by atoms with E-state index in [4.69, 9.17) is 10.00 Å². The summed E-state index contributed by atoms with van der Waals surface area (Å²) in [6.45, 7) is 10.6. The molecule has 0 unspecified atom stereocenters. The van der Waals surface area contributed by atoms with Gasteiger partial charge in [0, 0.05) is 30.9 Å². The standard InChI is InChI=1S/C16H21N3O2/c1-11-13(10-17)9-12-5-7-19(8-6-14(12)18-11)15(20)21-16(2,3)4/h9,18H,1,5-8H2,2-4H3. The van der Waals surface area contributed by atoms with Gasteiger partial charge >= 0.3 is 6.09 Å². The molecule has 2 aliphatic rings. The van der Waals surface area contributed by atoms with E-state index in [1.54, 1.807) is 4.90 Å². The van der Waals surface area contributed by atoms with Crippen molar-refractivity contribution in [2.45, 2.75) is 39.2 Å². The Morgan fingerprint density at radius 2 is 2.10 bits per heavy atom. The Hall–Kier alpha value is -2.22. The van der Waals surface area contributed by atoms with E-state index >= 15 is 0 Å². The van der Waals surface area contributed by atoms with Gasteiger partial charge in [0.15, 0.2) is 0 Å². The van der Waals surface area contributed by atoms with Gasteiger partial charge in [-0.15, -0.1) is 0 Å². The van der Waals surface area contributed by atoms with Crippen molar-refractivity contribution in [2.24, 2.45) is 0 Å². The van der Waals surface area contributed by atoms with E-state index < -0.39 is 5.60 Å². The van der Waals surface area contributed by atoms with Gasteiger partial charge in [0.2, 0.25) is 0 Å². The van der Waals surface area contributed by atoms with E-state index in [1.807, 2.05) is 26.8 Å². The van der Waals surface area contributed by atoms with Crippen LogP contribution in [0.2, 0.25) is 0 Å². The summed E-state index contributed by atoms with van der Waals surface area (Å²) in [5.41, 5.74) is 2.81. The molecule has 0 saturated heterocycles. The van der Waals surface area contributed by atoms with E-state index in [0.717, 1.165) is 11.3 Å². The van der Waals surface area contributed by atoms with Gasteiger partial charge in [0.1, 0.15) is 11.7 Å². The number of nitrogens with zero attached hydrogens (tertiary/aromatic N) is 2. The van der Waals surface area contributed by atoms with Gasteiger partial charge in [-0.25, -0.2) is 4.79 Å². The number of hydrogen-bond donors (Lipinski definition) is 1. The lowest BCUT2D eigenvalue weighted by molar-refractivity contribution is 0.0258. The molecule has 2 rings (SSSR count). The average Bonchev–Trinajstić information content (AvgIpc) is 2.57. The summed E-state index contributed by atoms with van der Waals surface area (Å²) in [5.74, 6) is 0. The number of nitriles is 1. The fourth-order valence-electron chi connectivity index (χ4n) is 2.35. The van der Waals surface area contributed by atoms with Crippen LogP contribution in [0.3, 0.4) is 0 Å². The zero-order valence-electron chi connectivity index (χ0n) is 12.8. The topological polar surface area (TPSA) is 65.4 Å². The summed E-state index contributed by atoms with van der Waals surface area (Å²) >= 11 is 0. The molecule has 0 aromatic heterocycles. The van der Waals surface area contributed by atoms with Crippen LogP contribution >= 0.6 is 0 Å². The second kappa shape index (κ2) is 5.65. The lowest BCUT2D eigenvalue weighted by atomic mass is 10.0. The fraction of sp³-hybridized carbons (Fsp3) is 0.500. The molecule has 1 amide bonds. The highest BCUT2D eigenvalue weighted by Gasteiger charge is 2.26. The van der Waals surface area contributed by atoms with Crippen molar-refractivity contribution in [3.63, 3.8) is 0 Å². The highest BCUT2D eigenvalue weighted by molar-refractivity contribution is 5.68. The first-order valence-corrected chi connectivity index (χ1v) is 7.08. The quantitative estimate of drug-likeness (QED) is 0.744. The first-order valence-electron chi connectivity index (χ1n) is 7.08. The van der Waals surface area contributed by atoms with Crippen LogP contribution in [0.4, 0.5) is 4.79 Å². The molecule has 2 heterocycles. The van der Waals surface area contributed by atoms with Crippen molar-refractivity contribution in [1.29, 1.82) is 5.26 Å². The van der Waals surface area contributed by atoms with Crippen LogP contribution in [-0.2, 0) is 4.74 Å². The number of allylic oxidation sites excluding steroid dienone is 2. The predicted molar refractivity (Wildman–Crippen MR) is 80.0 cm³/mol. The minimum absolute atomic E-state index is 0.286. The smallest absolute Gasteiger partial charge is 0.410 e. The Morgan fingerprint density at radius 3 is 2.71 bits per heavy atom. The Morgan fingerprint density at radius 1 is 1.43 bits per heavy atom. The molecule has 21 heavy (non-hydrogen) atoms. The molecule has 0 fully saturated rings. The molecule has 5 heteroatoms. The van der Waals surface area contributed by atoms with Crippen LogP contribution in [0, 0.1) is 11.3 Å². The summed E-state index contributed by atoms with van der Waals surface area (Å²) in [4.78, 5) is 13.9. The van der Waals surface area contributed by atoms with Gasteiger partial charge in [0.05, 0.1) is 5.57 Å². The van der Waals surface area contributed by atoms with E-state index in [0.29, 0.717) is 37.2 Å². The SMILES string of the molecule is C=C1NC2=C(C=C1C#N)CCN(C(=O)OC(C)(C)C)CC2. The fourth-order valence-corrected chi connectivity index (χ4v) is 2.35. The first-order chi connectivity index (χ1) is 9.80. The third-order valence-corrected chi connectivity index (χ3v) is 3.39. The van der Waals surface area contributed by atoms with Crippen molar-refractivity contribution in [2.75, 3.05) is 13.1 Å². The van der Waals surface area contributed by atoms with Crippen LogP contribution in [0.1, 0.15) is 33.6 Å². The average molecular weight is 287 g/mol. The number of rotatable bonds is 0. The minimum Gasteiger partial charge on any atom is -0.444 e. The number of hydrogen-bond acceptors (Lipinski definition) is 4. The van der Waals surface area contributed by atoms with Crippen LogP contribution < -0.4 is 5.32 Å². The van der Waals surface area contributed by atoms with Gasteiger partial charge in [-0.1, -0.05) is 6.58 Å². The molecular weight excluding hydrogens is 266 g/mol. The number of nitrogens with one attached hydrogen (secondary N) is 1. The third kappa shape index (κ3) is 3.66. The number of dihydropyridines is 1. The number of carbonyl (C=O) groups is 1. The maximum Gasteiger partial charge on any atom is 0.410 e. The predicted octanol–water partition coefficient (Wildman–Crippen LogP) is 2.84. The Kier molecular flexibility index (Phi) is 4.08. The van der Waals surface area contributed by atoms with Gasteiger partial charge in [0.25, 0.3) is 0 Å². The number of ether oxygens (including phenoxy) is 1. The van der Waals surface area contributed by atoms with Crippen LogP contribution in [0.25, 0.3) is 0 Å². The molecule has 0 atom stereocenters. The summed E-state index contributed by atoms with van der Waals surface area (Å²) < 4.78 is 5.41. The highest BCUT2D eigenvalue weighted by atomic mass is 16.6. The van der Waals surface area contributed by atoms with E-state index in [2.05, 4.69) is 18.0 Å². The highest BCUT2D eigenvalue weighted by Crippen LogP contribution is 2.26. The number of carbonyl (C=O) groups excluding carboxylic acids is 1. The molecule has 0 radical (unpaired) electrons. The molecule has 0 saturated carbocycles. The van der Waals surface area contributed by atoms with Crippen molar-refractivity contribution in [3.05, 3.63) is 35.2 Å². The van der Waals surface area contributed by atoms with Crippen molar-refractivity contribution in [3.8, 4) is 6.07 Å². The maximum absolute atomic E-state index is 12.1. The molecule has 0 bridgehead atoms. The lowest BCUT2D eigenvalue weighted by Crippen LogP contribution is -2.37. The lowest BCUT2D eigenvalue weighted by Gasteiger charge is -2.26. The molecule has 1 N–H and O–H groups in total. The molecule has 0 aromatic carbocycles. The second-order valence-electron chi connectivity index (χ2n) is 6.24. The Bertz CT molecular complexity index is 573. The van der Waals surface area contributed by atoms with E-state index in [-0.39, 0.29) is 6.09 Å². The third-order valence-electron chi connectivity index (χ3n) is 3.39. The molecule has 112 valence electrons. The largest absolute Gasteiger partial charge is 0.444 e. The zero-order chi connectivity index (χ0) is 15.6. The van der Waals surface area contributed by atoms with Crippen LogP contribution in [0.15, 0.2) is 35.2 Å². The van der Waals surface area contributed by atoms with Gasteiger partial charge < -0.3 is 15.0 Å². The van der Waals surface area contributed by atoms with Crippen molar-refractivity contribution in [1.82, 2.24) is 10.2 Å². The molecule has 0 aromatic rings. The van der Waals surface area contributed by atoms with E-state index in [9.17, 15) is 4.79 Å². The second-order valence-corrected chi connectivity index (χ2v) is 6.24. The summed E-state index contributed by atoms with van der Waals surface area (Å²) in [5, 5.41) is 12.2. The minimum atomic E-state index is -0.489. The molecule has 0 spiro atoms. The van der Waals surface area contributed by atoms with E-state index in [1.165, 1.54) is 0 Å². The van der Waals surface area contributed by atoms with Crippen molar-refractivity contribution >= 4 is 6.09 Å². The van der Waals surface area contributed by atoms with Crippen LogP contribution in [0.5, 0.6) is 0 Å². The van der Waals surface area contributed by atoms with Gasteiger partial charge in [-0.3, -0.25) is 0 Å². The van der Waals surface area contributed by atoms with Crippen LogP contribution in [-0.4, -0.2) is 29.7 Å². The monoisotopic (exact) mass is 287 g/mol. The van der Waals surface area contributed by atoms with Gasteiger partial charge in [-0.2, -0.15) is 5.26 Å². The van der Waals surface area contributed by atoms with Crippen molar-refractivity contribution < 1.29 is 9.53 Å². The van der Waals surface area contributed by atoms with Gasteiger partial charge in [-0.05, 0) is 38.8 Å². The first kappa shape index (κ1) is 15.2. The molecular formula is C16H21N3O2. The maximum atomic E-state index is 12.1. The zero-order valence-corrected chi connectivity index (χ0v) is 12.8. The number of amides is 1. The summed E-state index contributed by atoms with van der Waals surface area (Å²) in [6, 6.07) is 2.13. The summed E-state index contributed by atoms with van der Waals surface area (Å²) in [7, 11) is 0.